The highest BCUT2D eigenvalue weighted by atomic mass is 32.2. The van der Waals surface area contributed by atoms with E-state index in [4.69, 9.17) is 17.7 Å². The number of halogens is 3. The number of benzene rings is 1. The molecule has 0 radical (unpaired) electrons. The third-order valence-electron chi connectivity index (χ3n) is 3.56. The number of nitrogens with zero attached hydrogens (tertiary/aromatic N) is 1. The Morgan fingerprint density at radius 3 is 1.96 bits per heavy atom. The standard InChI is InChI=1S/C17H26NO.CHF3O3S/c1-5-8-15(13-14-18(6-2)7-3)16-9-11-17(19-4)12-10-16;2-1(3,4)8(5,6)7/h9-14H,5-8H2,1-4H3;(H,5,6,7)/q+1;/p-1/b15-13+;. The van der Waals surface area contributed by atoms with E-state index in [0.29, 0.717) is 0 Å². The molecule has 0 saturated heterocycles. The lowest BCUT2D eigenvalue weighted by atomic mass is 10.0. The average molecular weight is 409 g/mol. The summed E-state index contributed by atoms with van der Waals surface area (Å²) in [7, 11) is -4.39. The number of allylic oxidation sites excluding steroid dienone is 2. The molecule has 0 saturated carbocycles. The maximum absolute atomic E-state index is 10.7. The molecule has 27 heavy (non-hydrogen) atoms. The van der Waals surface area contributed by atoms with Crippen molar-refractivity contribution in [3.8, 4) is 5.75 Å². The first-order chi connectivity index (χ1) is 12.5. The molecule has 5 nitrogen and oxygen atoms in total. The fraction of sp³-hybridized carbons (Fsp3) is 0.500. The fourth-order valence-electron chi connectivity index (χ4n) is 2.03. The molecule has 0 aromatic heterocycles. The van der Waals surface area contributed by atoms with Crippen molar-refractivity contribution in [2.75, 3.05) is 20.2 Å². The molecule has 9 heteroatoms. The topological polar surface area (TPSA) is 69.4 Å². The van der Waals surface area contributed by atoms with Crippen LogP contribution in [0.5, 0.6) is 5.75 Å². The third-order valence-corrected chi connectivity index (χ3v) is 4.13. The van der Waals surface area contributed by atoms with Gasteiger partial charge in [-0.15, -0.1) is 0 Å². The first-order valence-electron chi connectivity index (χ1n) is 8.44. The van der Waals surface area contributed by atoms with Gasteiger partial charge in [0.2, 0.25) is 0 Å². The summed E-state index contributed by atoms with van der Waals surface area (Å²) in [5, 5.41) is 0. The van der Waals surface area contributed by atoms with Crippen LogP contribution < -0.4 is 4.74 Å². The van der Waals surface area contributed by atoms with Crippen LogP contribution >= 0.6 is 0 Å². The Balaban J connectivity index is 0.000000713. The highest BCUT2D eigenvalue weighted by molar-refractivity contribution is 7.86. The second-order valence-electron chi connectivity index (χ2n) is 5.44. The van der Waals surface area contributed by atoms with E-state index < -0.39 is 15.6 Å². The quantitative estimate of drug-likeness (QED) is 0.295. The van der Waals surface area contributed by atoms with Gasteiger partial charge in [0.1, 0.15) is 18.8 Å². The molecular formula is C18H26F3NO4S. The maximum Gasteiger partial charge on any atom is 0.485 e. The second kappa shape index (κ2) is 11.8. The molecule has 0 unspecified atom stereocenters. The van der Waals surface area contributed by atoms with E-state index in [-0.39, 0.29) is 0 Å². The molecule has 154 valence electrons. The average Bonchev–Trinajstić information content (AvgIpc) is 2.60. The summed E-state index contributed by atoms with van der Waals surface area (Å²) in [5.74, 6) is 0.910. The summed E-state index contributed by atoms with van der Waals surface area (Å²) in [5.41, 5.74) is -2.98. The zero-order valence-electron chi connectivity index (χ0n) is 15.9. The second-order valence-corrected chi connectivity index (χ2v) is 6.81. The summed E-state index contributed by atoms with van der Waals surface area (Å²) in [4.78, 5) is 0. The van der Waals surface area contributed by atoms with Gasteiger partial charge >= 0.3 is 5.51 Å². The number of alkyl halides is 3. The van der Waals surface area contributed by atoms with Crippen LogP contribution in [0.3, 0.4) is 0 Å². The predicted molar refractivity (Wildman–Crippen MR) is 99.0 cm³/mol. The molecule has 1 aromatic rings. The van der Waals surface area contributed by atoms with Gasteiger partial charge in [-0.05, 0) is 43.5 Å². The molecule has 0 N–H and O–H groups in total. The molecule has 0 fully saturated rings. The predicted octanol–water partition coefficient (Wildman–Crippen LogP) is 4.05. The Labute approximate surface area is 158 Å². The van der Waals surface area contributed by atoms with Gasteiger partial charge in [0.15, 0.2) is 16.3 Å². The van der Waals surface area contributed by atoms with Gasteiger partial charge in [-0.1, -0.05) is 25.5 Å². The summed E-state index contributed by atoms with van der Waals surface area (Å²) in [6.45, 7) is 8.68. The Kier molecular flexibility index (Phi) is 10.9. The Hall–Kier alpha value is -1.87. The van der Waals surface area contributed by atoms with Crippen molar-refractivity contribution in [3.63, 3.8) is 0 Å². The smallest absolute Gasteiger partial charge is 0.485 e. The number of hydrogen-bond donors (Lipinski definition) is 0. The van der Waals surface area contributed by atoms with Crippen LogP contribution in [0.25, 0.3) is 5.57 Å². The molecule has 1 rings (SSSR count). The first-order valence-corrected chi connectivity index (χ1v) is 9.85. The van der Waals surface area contributed by atoms with Gasteiger partial charge in [-0.3, -0.25) is 0 Å². The SMILES string of the molecule is CCC/C(=C\C=[N+](CC)CC)c1ccc(OC)cc1.O=S(=O)([O-])C(F)(F)F. The minimum Gasteiger partial charge on any atom is -0.741 e. The number of rotatable bonds is 7. The monoisotopic (exact) mass is 409 g/mol. The van der Waals surface area contributed by atoms with Gasteiger partial charge in [0.25, 0.3) is 0 Å². The van der Waals surface area contributed by atoms with Crippen LogP contribution in [0, 0.1) is 0 Å². The van der Waals surface area contributed by atoms with E-state index in [0.717, 1.165) is 31.7 Å². The zero-order chi connectivity index (χ0) is 21.1. The molecule has 0 bridgehead atoms. The zero-order valence-corrected chi connectivity index (χ0v) is 16.7. The Morgan fingerprint density at radius 1 is 1.15 bits per heavy atom. The highest BCUT2D eigenvalue weighted by Gasteiger charge is 2.36. The van der Waals surface area contributed by atoms with Gasteiger partial charge < -0.3 is 9.29 Å². The van der Waals surface area contributed by atoms with Gasteiger partial charge in [-0.2, -0.15) is 13.2 Å². The summed E-state index contributed by atoms with van der Waals surface area (Å²) in [6, 6.07) is 8.32. The normalized spacial score (nSPS) is 12.1. The molecule has 0 aliphatic rings. The molecule has 0 atom stereocenters. The Bertz CT molecular complexity index is 718. The summed E-state index contributed by atoms with van der Waals surface area (Å²) >= 11 is 0. The van der Waals surface area contributed by atoms with Crippen LogP contribution in [-0.4, -0.2) is 49.5 Å². The van der Waals surface area contributed by atoms with E-state index in [1.165, 1.54) is 11.1 Å². The highest BCUT2D eigenvalue weighted by Crippen LogP contribution is 2.22. The van der Waals surface area contributed by atoms with Crippen molar-refractivity contribution in [1.29, 1.82) is 0 Å². The third kappa shape index (κ3) is 9.58. The van der Waals surface area contributed by atoms with Crippen molar-refractivity contribution in [2.45, 2.75) is 39.1 Å². The van der Waals surface area contributed by atoms with Crippen molar-refractivity contribution in [1.82, 2.24) is 0 Å². The van der Waals surface area contributed by atoms with E-state index in [1.54, 1.807) is 7.11 Å². The minimum absolute atomic E-state index is 0.910. The molecule has 1 aromatic carbocycles. The summed E-state index contributed by atoms with van der Waals surface area (Å²) in [6.07, 6.45) is 6.71. The lowest BCUT2D eigenvalue weighted by Gasteiger charge is -2.08. The lowest BCUT2D eigenvalue weighted by molar-refractivity contribution is -0.515. The van der Waals surface area contributed by atoms with E-state index in [1.807, 2.05) is 12.1 Å². The Morgan fingerprint density at radius 2 is 1.63 bits per heavy atom. The van der Waals surface area contributed by atoms with E-state index in [2.05, 4.69) is 49.8 Å². The van der Waals surface area contributed by atoms with E-state index in [9.17, 15) is 13.2 Å². The van der Waals surface area contributed by atoms with E-state index >= 15 is 0 Å². The molecular weight excluding hydrogens is 383 g/mol. The van der Waals surface area contributed by atoms with Gasteiger partial charge in [-0.25, -0.2) is 13.0 Å². The van der Waals surface area contributed by atoms with Crippen molar-refractivity contribution in [2.24, 2.45) is 0 Å². The first kappa shape index (κ1) is 25.1. The molecule has 0 spiro atoms. The van der Waals surface area contributed by atoms with Crippen LogP contribution in [-0.2, 0) is 10.1 Å². The van der Waals surface area contributed by atoms with Crippen molar-refractivity contribution >= 4 is 21.9 Å². The van der Waals surface area contributed by atoms with Crippen molar-refractivity contribution in [3.05, 3.63) is 35.9 Å². The molecule has 0 amide bonds. The fourth-order valence-corrected chi connectivity index (χ4v) is 2.03. The lowest BCUT2D eigenvalue weighted by Crippen LogP contribution is -2.21. The van der Waals surface area contributed by atoms with Crippen LogP contribution in [0.4, 0.5) is 13.2 Å². The molecule has 0 heterocycles. The number of methoxy groups -OCH3 is 1. The minimum atomic E-state index is -6.09. The van der Waals surface area contributed by atoms with Crippen LogP contribution in [0.15, 0.2) is 30.3 Å². The number of hydrogen-bond acceptors (Lipinski definition) is 4. The van der Waals surface area contributed by atoms with Crippen LogP contribution in [0.2, 0.25) is 0 Å². The van der Waals surface area contributed by atoms with Crippen LogP contribution in [0.1, 0.15) is 39.2 Å². The summed E-state index contributed by atoms with van der Waals surface area (Å²) < 4.78 is 66.4. The van der Waals surface area contributed by atoms with Gasteiger partial charge in [0.05, 0.1) is 7.11 Å². The maximum atomic E-state index is 10.7. The molecule has 0 aliphatic heterocycles. The molecule has 0 aliphatic carbocycles. The number of ether oxygens (including phenoxy) is 1. The van der Waals surface area contributed by atoms with Crippen molar-refractivity contribution < 1.29 is 35.5 Å². The van der Waals surface area contributed by atoms with Gasteiger partial charge in [0, 0.05) is 6.08 Å². The largest absolute Gasteiger partial charge is 0.741 e.